The number of carbonyl (C=O) groups is 1. The molecule has 142 valence electrons. The maximum Gasteiger partial charge on any atom is 0.293 e. The number of rotatable bonds is 3. The van der Waals surface area contributed by atoms with E-state index in [0.717, 1.165) is 11.1 Å². The molecule has 0 aliphatic carbocycles. The summed E-state index contributed by atoms with van der Waals surface area (Å²) in [6.07, 6.45) is 1.71. The standard InChI is InChI=1S/C18H27N5O3/c1-12(2)15-13-10-19-23(18(3,4)5)16(13)17(25)22(20-15)11-14(24)21-6-8-26-9-7-21/h10,12H,6-9,11H2,1-5H3. The maximum atomic E-state index is 13.1. The predicted octanol–water partition coefficient (Wildman–Crippen LogP) is 1.33. The van der Waals surface area contributed by atoms with E-state index in [1.54, 1.807) is 15.8 Å². The first kappa shape index (κ1) is 18.6. The lowest BCUT2D eigenvalue weighted by Gasteiger charge is -2.27. The Bertz CT molecular complexity index is 869. The molecule has 3 heterocycles. The minimum Gasteiger partial charge on any atom is -0.378 e. The van der Waals surface area contributed by atoms with Crippen LogP contribution < -0.4 is 5.56 Å². The molecule has 8 heteroatoms. The zero-order chi connectivity index (χ0) is 19.1. The minimum absolute atomic E-state index is 0.0657. The quantitative estimate of drug-likeness (QED) is 0.824. The molecule has 2 aromatic heterocycles. The molecule has 8 nitrogen and oxygen atoms in total. The van der Waals surface area contributed by atoms with Gasteiger partial charge in [0.25, 0.3) is 5.56 Å². The average Bonchev–Trinajstić information content (AvgIpc) is 3.03. The Morgan fingerprint density at radius 2 is 1.92 bits per heavy atom. The second-order valence-corrected chi connectivity index (χ2v) is 7.99. The monoisotopic (exact) mass is 361 g/mol. The first-order chi connectivity index (χ1) is 12.2. The van der Waals surface area contributed by atoms with Crippen molar-refractivity contribution in [2.45, 2.75) is 52.6 Å². The Balaban J connectivity index is 2.09. The zero-order valence-electron chi connectivity index (χ0n) is 16.2. The molecule has 0 radical (unpaired) electrons. The Labute approximate surface area is 152 Å². The highest BCUT2D eigenvalue weighted by atomic mass is 16.5. The third-order valence-corrected chi connectivity index (χ3v) is 4.54. The topological polar surface area (TPSA) is 82.2 Å². The third-order valence-electron chi connectivity index (χ3n) is 4.54. The van der Waals surface area contributed by atoms with Crippen molar-refractivity contribution in [3.8, 4) is 0 Å². The van der Waals surface area contributed by atoms with Crippen molar-refractivity contribution in [1.82, 2.24) is 24.5 Å². The predicted molar refractivity (Wildman–Crippen MR) is 98.3 cm³/mol. The zero-order valence-corrected chi connectivity index (χ0v) is 16.2. The van der Waals surface area contributed by atoms with Gasteiger partial charge in [-0.05, 0) is 26.7 Å². The van der Waals surface area contributed by atoms with Gasteiger partial charge in [-0.1, -0.05) is 13.8 Å². The molecule has 3 rings (SSSR count). The Morgan fingerprint density at radius 3 is 2.50 bits per heavy atom. The molecule has 0 saturated carbocycles. The summed E-state index contributed by atoms with van der Waals surface area (Å²) in [4.78, 5) is 27.4. The first-order valence-electron chi connectivity index (χ1n) is 9.05. The van der Waals surface area contributed by atoms with E-state index < -0.39 is 0 Å². The van der Waals surface area contributed by atoms with E-state index in [9.17, 15) is 9.59 Å². The summed E-state index contributed by atoms with van der Waals surface area (Å²) in [5.41, 5.74) is 0.664. The number of hydrogen-bond acceptors (Lipinski definition) is 5. The molecular weight excluding hydrogens is 334 g/mol. The number of morpholine rings is 1. The number of hydrogen-bond donors (Lipinski definition) is 0. The molecule has 0 aromatic carbocycles. The van der Waals surface area contributed by atoms with Crippen molar-refractivity contribution in [2.75, 3.05) is 26.3 Å². The highest BCUT2D eigenvalue weighted by molar-refractivity contribution is 5.81. The lowest BCUT2D eigenvalue weighted by Crippen LogP contribution is -2.44. The van der Waals surface area contributed by atoms with Gasteiger partial charge in [0.1, 0.15) is 12.1 Å². The van der Waals surface area contributed by atoms with Crippen LogP contribution in [0.4, 0.5) is 0 Å². The van der Waals surface area contributed by atoms with Gasteiger partial charge in [0, 0.05) is 18.5 Å². The van der Waals surface area contributed by atoms with Gasteiger partial charge in [-0.3, -0.25) is 14.3 Å². The lowest BCUT2D eigenvalue weighted by atomic mass is 10.1. The van der Waals surface area contributed by atoms with Gasteiger partial charge in [0.15, 0.2) is 0 Å². The molecule has 0 unspecified atom stereocenters. The van der Waals surface area contributed by atoms with E-state index in [0.29, 0.717) is 31.8 Å². The van der Waals surface area contributed by atoms with E-state index in [-0.39, 0.29) is 29.5 Å². The molecule has 1 fully saturated rings. The Hall–Kier alpha value is -2.22. The Kier molecular flexibility index (Phi) is 4.88. The van der Waals surface area contributed by atoms with E-state index >= 15 is 0 Å². The summed E-state index contributed by atoms with van der Waals surface area (Å²) in [7, 11) is 0. The van der Waals surface area contributed by atoms with Crippen LogP contribution in [0.3, 0.4) is 0 Å². The van der Waals surface area contributed by atoms with Gasteiger partial charge < -0.3 is 9.64 Å². The molecule has 0 bridgehead atoms. The van der Waals surface area contributed by atoms with Crippen LogP contribution in [0.15, 0.2) is 11.0 Å². The lowest BCUT2D eigenvalue weighted by molar-refractivity contribution is -0.136. The van der Waals surface area contributed by atoms with Crippen LogP contribution in [-0.2, 0) is 21.6 Å². The molecule has 1 saturated heterocycles. The van der Waals surface area contributed by atoms with Crippen LogP contribution in [0.25, 0.3) is 10.9 Å². The van der Waals surface area contributed by atoms with Crippen molar-refractivity contribution in [3.63, 3.8) is 0 Å². The van der Waals surface area contributed by atoms with Crippen LogP contribution >= 0.6 is 0 Å². The molecule has 26 heavy (non-hydrogen) atoms. The van der Waals surface area contributed by atoms with Crippen LogP contribution in [0.5, 0.6) is 0 Å². The van der Waals surface area contributed by atoms with Crippen LogP contribution in [0.1, 0.15) is 46.2 Å². The number of amides is 1. The SMILES string of the molecule is CC(C)c1nn(CC(=O)N2CCOCC2)c(=O)c2c1cnn2C(C)(C)C. The molecule has 1 aliphatic heterocycles. The minimum atomic E-state index is -0.345. The van der Waals surface area contributed by atoms with Crippen molar-refractivity contribution in [1.29, 1.82) is 0 Å². The van der Waals surface area contributed by atoms with E-state index in [2.05, 4.69) is 10.2 Å². The molecule has 0 spiro atoms. The van der Waals surface area contributed by atoms with E-state index in [4.69, 9.17) is 4.74 Å². The molecule has 2 aromatic rings. The number of fused-ring (bicyclic) bond motifs is 1. The van der Waals surface area contributed by atoms with Gasteiger partial charge in [-0.15, -0.1) is 0 Å². The normalized spacial score (nSPS) is 15.8. The summed E-state index contributed by atoms with van der Waals surface area (Å²) in [6, 6.07) is 0. The van der Waals surface area contributed by atoms with Crippen molar-refractivity contribution < 1.29 is 9.53 Å². The van der Waals surface area contributed by atoms with Crippen molar-refractivity contribution in [2.24, 2.45) is 0 Å². The van der Waals surface area contributed by atoms with Crippen molar-refractivity contribution >= 4 is 16.8 Å². The molecule has 0 atom stereocenters. The van der Waals surface area contributed by atoms with Crippen LogP contribution in [0, 0.1) is 0 Å². The van der Waals surface area contributed by atoms with Crippen LogP contribution in [-0.4, -0.2) is 56.7 Å². The molecule has 1 amide bonds. The largest absolute Gasteiger partial charge is 0.378 e. The number of ether oxygens (including phenoxy) is 1. The van der Waals surface area contributed by atoms with Gasteiger partial charge in [-0.2, -0.15) is 10.2 Å². The third kappa shape index (κ3) is 3.38. The average molecular weight is 361 g/mol. The second-order valence-electron chi connectivity index (χ2n) is 7.99. The summed E-state index contributed by atoms with van der Waals surface area (Å²) in [5, 5.41) is 9.69. The second kappa shape index (κ2) is 6.83. The first-order valence-corrected chi connectivity index (χ1v) is 9.05. The number of nitrogens with zero attached hydrogens (tertiary/aromatic N) is 5. The fourth-order valence-electron chi connectivity index (χ4n) is 3.18. The van der Waals surface area contributed by atoms with Gasteiger partial charge in [-0.25, -0.2) is 4.68 Å². The van der Waals surface area contributed by atoms with E-state index in [1.165, 1.54) is 4.68 Å². The summed E-state index contributed by atoms with van der Waals surface area (Å²) in [6.45, 7) is 12.1. The Morgan fingerprint density at radius 1 is 1.27 bits per heavy atom. The van der Waals surface area contributed by atoms with E-state index in [1.807, 2.05) is 34.6 Å². The smallest absolute Gasteiger partial charge is 0.293 e. The molecule has 1 aliphatic rings. The number of carbonyl (C=O) groups excluding carboxylic acids is 1. The van der Waals surface area contributed by atoms with Crippen LogP contribution in [0.2, 0.25) is 0 Å². The summed E-state index contributed by atoms with van der Waals surface area (Å²) < 4.78 is 8.31. The fourth-order valence-corrected chi connectivity index (χ4v) is 3.18. The summed E-state index contributed by atoms with van der Waals surface area (Å²) >= 11 is 0. The fraction of sp³-hybridized carbons (Fsp3) is 0.667. The molecule has 0 N–H and O–H groups in total. The van der Waals surface area contributed by atoms with Gasteiger partial charge in [0.2, 0.25) is 5.91 Å². The molecular formula is C18H27N5O3. The highest BCUT2D eigenvalue weighted by Crippen LogP contribution is 2.24. The summed E-state index contributed by atoms with van der Waals surface area (Å²) in [5.74, 6) is -0.000706. The van der Waals surface area contributed by atoms with Gasteiger partial charge in [0.05, 0.1) is 30.6 Å². The number of aromatic nitrogens is 4. The highest BCUT2D eigenvalue weighted by Gasteiger charge is 2.25. The maximum absolute atomic E-state index is 13.1. The van der Waals surface area contributed by atoms with Crippen molar-refractivity contribution in [3.05, 3.63) is 22.2 Å². The van der Waals surface area contributed by atoms with Gasteiger partial charge >= 0.3 is 0 Å².